The van der Waals surface area contributed by atoms with Crippen molar-refractivity contribution in [1.82, 2.24) is 10.3 Å². The van der Waals surface area contributed by atoms with Crippen molar-refractivity contribution in [2.45, 2.75) is 63.8 Å². The van der Waals surface area contributed by atoms with Gasteiger partial charge >= 0.3 is 0 Å². The maximum absolute atomic E-state index is 4.94. The average Bonchev–Trinajstić information content (AvgIpc) is 3.09. The first-order valence-electron chi connectivity index (χ1n) is 7.55. The Bertz CT molecular complexity index is 382. The zero-order valence-electron chi connectivity index (χ0n) is 11.3. The number of nitrogens with zero attached hydrogens (tertiary/aromatic N) is 1. The molecule has 0 radical (unpaired) electrons. The standard InChI is InChI=1S/C15H24N2S/c1-2-11-5-3-6-12(9-11)15-17-14(10-18-15)13-7-4-8-16-13/h10-13,16H,2-9H2,1H3. The summed E-state index contributed by atoms with van der Waals surface area (Å²) >= 11 is 1.90. The Morgan fingerprint density at radius 3 is 3.06 bits per heavy atom. The highest BCUT2D eigenvalue weighted by molar-refractivity contribution is 7.09. The summed E-state index contributed by atoms with van der Waals surface area (Å²) in [6.45, 7) is 3.50. The van der Waals surface area contributed by atoms with E-state index in [0.717, 1.165) is 11.8 Å². The van der Waals surface area contributed by atoms with E-state index in [1.165, 1.54) is 62.2 Å². The van der Waals surface area contributed by atoms with Gasteiger partial charge in [0.1, 0.15) is 0 Å². The number of rotatable bonds is 3. The molecule has 2 nitrogen and oxygen atoms in total. The molecule has 0 bridgehead atoms. The fraction of sp³-hybridized carbons (Fsp3) is 0.800. The minimum absolute atomic E-state index is 0.542. The predicted molar refractivity (Wildman–Crippen MR) is 77.1 cm³/mol. The smallest absolute Gasteiger partial charge is 0.0960 e. The van der Waals surface area contributed by atoms with Gasteiger partial charge in [-0.05, 0) is 38.1 Å². The van der Waals surface area contributed by atoms with E-state index in [0.29, 0.717) is 6.04 Å². The Hall–Kier alpha value is -0.410. The molecule has 1 aliphatic carbocycles. The molecule has 2 heterocycles. The zero-order valence-corrected chi connectivity index (χ0v) is 12.1. The van der Waals surface area contributed by atoms with Gasteiger partial charge in [-0.2, -0.15) is 0 Å². The third-order valence-electron chi connectivity index (χ3n) is 4.67. The summed E-state index contributed by atoms with van der Waals surface area (Å²) in [6.07, 6.45) is 9.50. The number of hydrogen-bond donors (Lipinski definition) is 1. The number of hydrogen-bond acceptors (Lipinski definition) is 3. The topological polar surface area (TPSA) is 24.9 Å². The van der Waals surface area contributed by atoms with Crippen LogP contribution in [0.1, 0.15) is 74.5 Å². The van der Waals surface area contributed by atoms with Crippen LogP contribution in [0.2, 0.25) is 0 Å². The second-order valence-corrected chi connectivity index (χ2v) is 6.79. The molecule has 3 rings (SSSR count). The van der Waals surface area contributed by atoms with Gasteiger partial charge in [0.05, 0.1) is 16.7 Å². The minimum Gasteiger partial charge on any atom is -0.309 e. The third kappa shape index (κ3) is 2.62. The highest BCUT2D eigenvalue weighted by Crippen LogP contribution is 2.39. The van der Waals surface area contributed by atoms with Crippen molar-refractivity contribution in [3.8, 4) is 0 Å². The van der Waals surface area contributed by atoms with Crippen LogP contribution >= 0.6 is 11.3 Å². The lowest BCUT2D eigenvalue weighted by Crippen LogP contribution is -2.15. The second kappa shape index (κ2) is 5.70. The molecule has 1 aromatic heterocycles. The van der Waals surface area contributed by atoms with E-state index in [2.05, 4.69) is 17.6 Å². The number of nitrogens with one attached hydrogen (secondary N) is 1. The van der Waals surface area contributed by atoms with Gasteiger partial charge in [-0.1, -0.05) is 26.2 Å². The van der Waals surface area contributed by atoms with Gasteiger partial charge in [0.15, 0.2) is 0 Å². The number of thiazole rings is 1. The van der Waals surface area contributed by atoms with Crippen LogP contribution in [-0.2, 0) is 0 Å². The highest BCUT2D eigenvalue weighted by Gasteiger charge is 2.26. The first-order valence-corrected chi connectivity index (χ1v) is 8.43. The van der Waals surface area contributed by atoms with E-state index in [1.807, 2.05) is 11.3 Å². The maximum atomic E-state index is 4.94. The molecule has 1 aromatic rings. The Balaban J connectivity index is 1.68. The van der Waals surface area contributed by atoms with Crippen molar-refractivity contribution in [2.75, 3.05) is 6.54 Å². The molecule has 100 valence electrons. The van der Waals surface area contributed by atoms with Crippen LogP contribution in [-0.4, -0.2) is 11.5 Å². The normalized spacial score (nSPS) is 32.8. The third-order valence-corrected chi connectivity index (χ3v) is 5.69. The molecule has 3 unspecified atom stereocenters. The Morgan fingerprint density at radius 1 is 1.33 bits per heavy atom. The molecule has 1 saturated carbocycles. The number of aromatic nitrogens is 1. The molecular weight excluding hydrogens is 240 g/mol. The van der Waals surface area contributed by atoms with Gasteiger partial charge in [0.25, 0.3) is 0 Å². The van der Waals surface area contributed by atoms with Crippen molar-refractivity contribution in [2.24, 2.45) is 5.92 Å². The first-order chi connectivity index (χ1) is 8.86. The van der Waals surface area contributed by atoms with Crippen molar-refractivity contribution in [3.63, 3.8) is 0 Å². The fourth-order valence-corrected chi connectivity index (χ4v) is 4.49. The van der Waals surface area contributed by atoms with Gasteiger partial charge in [-0.3, -0.25) is 0 Å². The minimum atomic E-state index is 0.542. The van der Waals surface area contributed by atoms with Gasteiger partial charge in [-0.15, -0.1) is 11.3 Å². The van der Waals surface area contributed by atoms with Crippen LogP contribution in [0.3, 0.4) is 0 Å². The van der Waals surface area contributed by atoms with E-state index in [1.54, 1.807) is 0 Å². The molecule has 2 aliphatic rings. The second-order valence-electron chi connectivity index (χ2n) is 5.90. The summed E-state index contributed by atoms with van der Waals surface area (Å²) in [5, 5.41) is 7.27. The Kier molecular flexibility index (Phi) is 4.00. The SMILES string of the molecule is CCC1CCCC(c2nc(C3CCCN3)cs2)C1. The van der Waals surface area contributed by atoms with Gasteiger partial charge < -0.3 is 5.32 Å². The van der Waals surface area contributed by atoms with Gasteiger partial charge in [0.2, 0.25) is 0 Å². The molecule has 3 heteroatoms. The summed E-state index contributed by atoms with van der Waals surface area (Å²) < 4.78 is 0. The quantitative estimate of drug-likeness (QED) is 0.882. The highest BCUT2D eigenvalue weighted by atomic mass is 32.1. The molecular formula is C15H24N2S. The fourth-order valence-electron chi connectivity index (χ4n) is 3.47. The molecule has 1 N–H and O–H groups in total. The lowest BCUT2D eigenvalue weighted by molar-refractivity contribution is 0.313. The van der Waals surface area contributed by atoms with Crippen LogP contribution < -0.4 is 5.32 Å². The summed E-state index contributed by atoms with van der Waals surface area (Å²) in [4.78, 5) is 4.94. The van der Waals surface area contributed by atoms with Crippen LogP contribution in [0.5, 0.6) is 0 Å². The Labute approximate surface area is 114 Å². The molecule has 1 saturated heterocycles. The molecule has 0 aromatic carbocycles. The Morgan fingerprint density at radius 2 is 2.28 bits per heavy atom. The summed E-state index contributed by atoms with van der Waals surface area (Å²) in [6, 6.07) is 0.542. The van der Waals surface area contributed by atoms with Crippen LogP contribution in [0.4, 0.5) is 0 Å². The maximum Gasteiger partial charge on any atom is 0.0960 e. The zero-order chi connectivity index (χ0) is 12.4. The van der Waals surface area contributed by atoms with E-state index >= 15 is 0 Å². The lowest BCUT2D eigenvalue weighted by Gasteiger charge is -2.26. The van der Waals surface area contributed by atoms with E-state index < -0.39 is 0 Å². The van der Waals surface area contributed by atoms with Crippen molar-refractivity contribution >= 4 is 11.3 Å². The summed E-state index contributed by atoms with van der Waals surface area (Å²) in [5.74, 6) is 1.70. The van der Waals surface area contributed by atoms with Gasteiger partial charge in [-0.25, -0.2) is 4.98 Å². The lowest BCUT2D eigenvalue weighted by atomic mass is 9.80. The molecule has 18 heavy (non-hydrogen) atoms. The molecule has 0 amide bonds. The van der Waals surface area contributed by atoms with Crippen molar-refractivity contribution < 1.29 is 0 Å². The average molecular weight is 264 g/mol. The summed E-state index contributed by atoms with van der Waals surface area (Å²) in [7, 11) is 0. The van der Waals surface area contributed by atoms with E-state index in [-0.39, 0.29) is 0 Å². The largest absolute Gasteiger partial charge is 0.309 e. The monoisotopic (exact) mass is 264 g/mol. The molecule has 3 atom stereocenters. The van der Waals surface area contributed by atoms with Crippen LogP contribution in [0.15, 0.2) is 5.38 Å². The molecule has 1 aliphatic heterocycles. The first kappa shape index (κ1) is 12.6. The van der Waals surface area contributed by atoms with Crippen molar-refractivity contribution in [1.29, 1.82) is 0 Å². The van der Waals surface area contributed by atoms with Crippen molar-refractivity contribution in [3.05, 3.63) is 16.1 Å². The molecule has 2 fully saturated rings. The van der Waals surface area contributed by atoms with E-state index in [9.17, 15) is 0 Å². The van der Waals surface area contributed by atoms with Gasteiger partial charge in [0, 0.05) is 11.3 Å². The molecule has 0 spiro atoms. The summed E-state index contributed by atoms with van der Waals surface area (Å²) in [5.41, 5.74) is 1.31. The van der Waals surface area contributed by atoms with Crippen LogP contribution in [0.25, 0.3) is 0 Å². The predicted octanol–water partition coefficient (Wildman–Crippen LogP) is 4.25. The van der Waals surface area contributed by atoms with E-state index in [4.69, 9.17) is 4.98 Å². The van der Waals surface area contributed by atoms with Crippen LogP contribution in [0, 0.1) is 5.92 Å².